The highest BCUT2D eigenvalue weighted by Gasteiger charge is 2.23. The van der Waals surface area contributed by atoms with Crippen LogP contribution in [0.3, 0.4) is 0 Å². The van der Waals surface area contributed by atoms with Crippen LogP contribution in [0.1, 0.15) is 114 Å². The third-order valence-corrected chi connectivity index (χ3v) is 6.08. The molecule has 198 valence electrons. The van der Waals surface area contributed by atoms with Crippen LogP contribution in [0.5, 0.6) is 0 Å². The van der Waals surface area contributed by atoms with Crippen molar-refractivity contribution in [2.75, 3.05) is 0 Å². The lowest BCUT2D eigenvalue weighted by Crippen LogP contribution is -2.15. The van der Waals surface area contributed by atoms with Crippen molar-refractivity contribution in [2.24, 2.45) is 0 Å². The summed E-state index contributed by atoms with van der Waals surface area (Å²) in [4.78, 5) is 23.7. The lowest BCUT2D eigenvalue weighted by Gasteiger charge is -2.24. The van der Waals surface area contributed by atoms with Gasteiger partial charge in [-0.25, -0.2) is 0 Å². The highest BCUT2D eigenvalue weighted by atomic mass is 16.5. The van der Waals surface area contributed by atoms with Gasteiger partial charge in [0.25, 0.3) is 0 Å². The Bertz CT molecular complexity index is 1220. The van der Waals surface area contributed by atoms with E-state index in [-0.39, 0.29) is 23.7 Å². The van der Waals surface area contributed by atoms with Crippen LogP contribution >= 0.6 is 0 Å². The van der Waals surface area contributed by atoms with Crippen LogP contribution in [0.2, 0.25) is 0 Å². The molecule has 0 amide bonds. The van der Waals surface area contributed by atoms with E-state index in [9.17, 15) is 9.59 Å². The first kappa shape index (κ1) is 30.3. The molecule has 2 unspecified atom stereocenters. The van der Waals surface area contributed by atoms with E-state index in [2.05, 4.69) is 65.2 Å². The Morgan fingerprint density at radius 3 is 1.32 bits per heavy atom. The van der Waals surface area contributed by atoms with Crippen LogP contribution in [0, 0.1) is 36.5 Å². The van der Waals surface area contributed by atoms with Crippen molar-refractivity contribution < 1.29 is 19.1 Å². The van der Waals surface area contributed by atoms with E-state index in [1.54, 1.807) is 0 Å². The van der Waals surface area contributed by atoms with Crippen LogP contribution in [-0.4, -0.2) is 11.9 Å². The molecule has 0 heterocycles. The van der Waals surface area contributed by atoms with Gasteiger partial charge in [0, 0.05) is 36.1 Å². The lowest BCUT2D eigenvalue weighted by atomic mass is 9.83. The molecule has 2 rings (SSSR count). The van der Waals surface area contributed by atoms with Crippen LogP contribution in [-0.2, 0) is 29.9 Å². The molecule has 0 bridgehead atoms. The quantitative estimate of drug-likeness (QED) is 0.312. The molecule has 0 aromatic heterocycles. The van der Waals surface area contributed by atoms with E-state index in [1.807, 2.05) is 36.4 Å². The second-order valence-corrected chi connectivity index (χ2v) is 11.4. The molecule has 0 aliphatic rings. The molecule has 2 aromatic carbocycles. The zero-order valence-corrected chi connectivity index (χ0v) is 23.8. The largest absolute Gasteiger partial charge is 0.457 e. The van der Waals surface area contributed by atoms with Crippen molar-refractivity contribution in [2.45, 2.75) is 91.3 Å². The number of carbonyl (C=O) groups is 2. The fraction of sp³-hybridized carbons (Fsp3) is 0.412. The minimum Gasteiger partial charge on any atom is -0.457 e. The number of esters is 2. The zero-order valence-electron chi connectivity index (χ0n) is 23.8. The smallest absolute Gasteiger partial charge is 0.303 e. The summed E-state index contributed by atoms with van der Waals surface area (Å²) in [6, 6.07) is 11.9. The molecule has 0 aliphatic heterocycles. The predicted octanol–water partition coefficient (Wildman–Crippen LogP) is 6.94. The van der Waals surface area contributed by atoms with Gasteiger partial charge in [-0.05, 0) is 34.1 Å². The Labute approximate surface area is 228 Å². The summed E-state index contributed by atoms with van der Waals surface area (Å²) in [7, 11) is 0. The van der Waals surface area contributed by atoms with Gasteiger partial charge in [0.2, 0.25) is 0 Å². The van der Waals surface area contributed by atoms with Crippen LogP contribution < -0.4 is 0 Å². The summed E-state index contributed by atoms with van der Waals surface area (Å²) in [5.74, 6) is 10.9. The summed E-state index contributed by atoms with van der Waals surface area (Å²) in [5.41, 5.74) is 4.81. The van der Waals surface area contributed by atoms with Crippen LogP contribution in [0.25, 0.3) is 0 Å². The van der Waals surface area contributed by atoms with Gasteiger partial charge < -0.3 is 9.47 Å². The monoisotopic (exact) mass is 510 g/mol. The second-order valence-electron chi connectivity index (χ2n) is 11.4. The number of carbonyl (C=O) groups excluding carboxylic acids is 2. The van der Waals surface area contributed by atoms with Gasteiger partial charge in [0.1, 0.15) is 12.2 Å². The average Bonchev–Trinajstić information content (AvgIpc) is 2.80. The fourth-order valence-electron chi connectivity index (χ4n) is 4.00. The molecule has 0 N–H and O–H groups in total. The zero-order chi connectivity index (χ0) is 28.7. The Morgan fingerprint density at radius 1 is 0.711 bits per heavy atom. The van der Waals surface area contributed by atoms with Crippen molar-refractivity contribution in [3.05, 3.63) is 69.8 Å². The maximum absolute atomic E-state index is 11.9. The molecule has 2 aromatic rings. The van der Waals surface area contributed by atoms with E-state index < -0.39 is 24.1 Å². The fourth-order valence-corrected chi connectivity index (χ4v) is 4.00. The molecular formula is C34H38O4. The molecule has 38 heavy (non-hydrogen) atoms. The van der Waals surface area contributed by atoms with Crippen LogP contribution in [0.15, 0.2) is 36.4 Å². The third-order valence-electron chi connectivity index (χ3n) is 6.08. The van der Waals surface area contributed by atoms with Gasteiger partial charge in [-0.2, -0.15) is 0 Å². The van der Waals surface area contributed by atoms with Gasteiger partial charge in [-0.3, -0.25) is 9.59 Å². The van der Waals surface area contributed by atoms with Crippen molar-refractivity contribution in [1.82, 2.24) is 0 Å². The van der Waals surface area contributed by atoms with Crippen LogP contribution in [0.4, 0.5) is 0 Å². The minimum absolute atomic E-state index is 0.125. The first-order chi connectivity index (χ1) is 17.7. The molecule has 4 heteroatoms. The lowest BCUT2D eigenvalue weighted by molar-refractivity contribution is -0.147. The Morgan fingerprint density at radius 2 is 1.05 bits per heavy atom. The van der Waals surface area contributed by atoms with E-state index in [4.69, 9.17) is 22.3 Å². The molecular weight excluding hydrogens is 472 g/mol. The Hall–Kier alpha value is -3.94. The van der Waals surface area contributed by atoms with Crippen molar-refractivity contribution in [3.8, 4) is 36.5 Å². The number of hydrogen-bond acceptors (Lipinski definition) is 4. The van der Waals surface area contributed by atoms with Gasteiger partial charge >= 0.3 is 11.9 Å². The molecule has 0 fully saturated rings. The minimum atomic E-state index is -0.623. The van der Waals surface area contributed by atoms with Crippen molar-refractivity contribution in [3.63, 3.8) is 0 Å². The Kier molecular flexibility index (Phi) is 9.99. The highest BCUT2D eigenvalue weighted by molar-refractivity contribution is 5.67. The van der Waals surface area contributed by atoms with Gasteiger partial charge in [-0.15, -0.1) is 24.7 Å². The molecule has 4 nitrogen and oxygen atoms in total. The van der Waals surface area contributed by atoms with Crippen molar-refractivity contribution in [1.29, 1.82) is 0 Å². The maximum Gasteiger partial charge on any atom is 0.303 e. The number of benzene rings is 2. The van der Waals surface area contributed by atoms with E-state index in [0.29, 0.717) is 11.1 Å². The molecule has 0 spiro atoms. The van der Waals surface area contributed by atoms with Gasteiger partial charge in [-0.1, -0.05) is 77.6 Å². The highest BCUT2D eigenvalue weighted by Crippen LogP contribution is 2.32. The molecule has 0 aliphatic carbocycles. The topological polar surface area (TPSA) is 52.6 Å². The summed E-state index contributed by atoms with van der Waals surface area (Å²) in [5, 5.41) is 0. The SMILES string of the molecule is C#CCC(OC(C)=O)c1cc(C(C)(C)C)ccc1C#Cc1ccc(C(C)(C)C)cc1C(CC#C)OC(C)=O. The van der Waals surface area contributed by atoms with Gasteiger partial charge in [0.05, 0.1) is 12.8 Å². The standard InChI is InChI=1S/C34H38O4/c1-11-13-31(37-23(3)35)29-21-27(33(5,6)7)19-17-25(29)15-16-26-18-20-28(34(8,9)10)22-30(26)32(14-12-2)38-24(4)36/h1-2,17-22,31-32H,13-14H2,3-10H3. The first-order valence-electron chi connectivity index (χ1n) is 12.7. The third kappa shape index (κ3) is 8.30. The number of hydrogen-bond donors (Lipinski definition) is 0. The molecule has 0 radical (unpaired) electrons. The molecule has 2 atom stereocenters. The predicted molar refractivity (Wildman–Crippen MR) is 152 cm³/mol. The van der Waals surface area contributed by atoms with E-state index in [0.717, 1.165) is 22.3 Å². The normalized spacial score (nSPS) is 12.7. The number of ether oxygens (including phenoxy) is 2. The molecule has 0 saturated carbocycles. The summed E-state index contributed by atoms with van der Waals surface area (Å²) in [6.45, 7) is 15.4. The summed E-state index contributed by atoms with van der Waals surface area (Å²) < 4.78 is 11.2. The number of rotatable bonds is 6. The number of terminal acetylenes is 2. The Balaban J connectivity index is 2.76. The summed E-state index contributed by atoms with van der Waals surface area (Å²) >= 11 is 0. The van der Waals surface area contributed by atoms with E-state index >= 15 is 0 Å². The molecule has 0 saturated heterocycles. The first-order valence-corrected chi connectivity index (χ1v) is 12.7. The maximum atomic E-state index is 11.9. The van der Waals surface area contributed by atoms with Crippen molar-refractivity contribution >= 4 is 11.9 Å². The van der Waals surface area contributed by atoms with Gasteiger partial charge in [0.15, 0.2) is 0 Å². The van der Waals surface area contributed by atoms with E-state index in [1.165, 1.54) is 13.8 Å². The average molecular weight is 511 g/mol. The second kappa shape index (κ2) is 12.5. The summed E-state index contributed by atoms with van der Waals surface area (Å²) in [6.07, 6.45) is 10.4.